The van der Waals surface area contributed by atoms with Gasteiger partial charge in [-0.3, -0.25) is 0 Å². The van der Waals surface area contributed by atoms with Crippen molar-refractivity contribution in [2.75, 3.05) is 73.7 Å². The predicted molar refractivity (Wildman–Crippen MR) is 173 cm³/mol. The van der Waals surface area contributed by atoms with Crippen LogP contribution in [-0.2, 0) is 33.2 Å². The molecule has 15 atom stereocenters. The lowest BCUT2D eigenvalue weighted by Crippen LogP contribution is -2.73. The summed E-state index contributed by atoms with van der Waals surface area (Å²) in [5.41, 5.74) is 12.6. The summed E-state index contributed by atoms with van der Waals surface area (Å²) in [6.45, 7) is 8.69. The van der Waals surface area contributed by atoms with Gasteiger partial charge in [-0.25, -0.2) is 0 Å². The Kier molecular flexibility index (Phi) is 13.5. The van der Waals surface area contributed by atoms with E-state index in [1.807, 2.05) is 0 Å². The number of rotatable bonds is 15. The Balaban J connectivity index is 1.69. The normalized spacial score (nSPS) is 50.1. The fourth-order valence-electron chi connectivity index (χ4n) is 7.63. The number of aliphatic hydroxyl groups is 6. The minimum atomic E-state index is -1.28. The Morgan fingerprint density at radius 2 is 0.750 bits per heavy atom. The van der Waals surface area contributed by atoms with Gasteiger partial charge in [0, 0.05) is 30.5 Å². The minimum Gasteiger partial charge on any atom is -0.394 e. The van der Waals surface area contributed by atoms with Gasteiger partial charge in [0.25, 0.3) is 0 Å². The molecule has 0 aromatic heterocycles. The molecule has 6 unspecified atom stereocenters. The Labute approximate surface area is 284 Å². The van der Waals surface area contributed by atoms with Crippen LogP contribution in [0.4, 0.5) is 0 Å². The van der Waals surface area contributed by atoms with E-state index < -0.39 is 101 Å². The molecular weight excluding hydrogens is 634 g/mol. The largest absolute Gasteiger partial charge is 0.394 e. The third-order valence-electron chi connectivity index (χ3n) is 11.6. The molecule has 3 saturated heterocycles. The van der Waals surface area contributed by atoms with Crippen LogP contribution in [0.25, 0.3) is 0 Å². The highest BCUT2D eigenvalue weighted by Crippen LogP contribution is 2.45. The molecule has 0 spiro atoms. The molecule has 3 heterocycles. The minimum absolute atomic E-state index is 0.0922. The number of aliphatic hydroxyl groups excluding tert-OH is 6. The molecule has 0 aliphatic carbocycles. The topological polar surface area (TPSA) is 264 Å². The van der Waals surface area contributed by atoms with E-state index in [1.54, 1.807) is 41.5 Å². The number of ether oxygens (including phenoxy) is 7. The first kappa shape index (κ1) is 41.8. The van der Waals surface area contributed by atoms with E-state index in [0.717, 1.165) is 0 Å². The van der Waals surface area contributed by atoms with Gasteiger partial charge in [0.1, 0.15) is 16.8 Å². The van der Waals surface area contributed by atoms with E-state index in [-0.39, 0.29) is 46.2 Å². The van der Waals surface area contributed by atoms with Crippen LogP contribution in [-0.4, -0.2) is 176 Å². The highest BCUT2D eigenvalue weighted by molar-refractivity contribution is 5.10. The zero-order valence-corrected chi connectivity index (χ0v) is 29.8. The summed E-state index contributed by atoms with van der Waals surface area (Å²) in [5, 5.41) is 64.6. The van der Waals surface area contributed by atoms with Crippen molar-refractivity contribution in [2.45, 2.75) is 113 Å². The molecule has 284 valence electrons. The van der Waals surface area contributed by atoms with Crippen molar-refractivity contribution in [1.29, 1.82) is 0 Å². The Morgan fingerprint density at radius 1 is 0.479 bits per heavy atom. The molecule has 12 N–H and O–H groups in total. The smallest absolute Gasteiger partial charge is 0.107 e. The van der Waals surface area contributed by atoms with Gasteiger partial charge >= 0.3 is 0 Å². The maximum absolute atomic E-state index is 11.6. The summed E-state index contributed by atoms with van der Waals surface area (Å²) in [4.78, 5) is 0. The molecule has 3 rings (SSSR count). The van der Waals surface area contributed by atoms with E-state index in [1.165, 1.54) is 14.2 Å². The number of hydrogen-bond acceptors (Lipinski definition) is 16. The molecule has 3 aliphatic heterocycles. The lowest BCUT2D eigenvalue weighted by molar-refractivity contribution is -0.287. The molecule has 0 amide bonds. The second-order valence-corrected chi connectivity index (χ2v) is 15.6. The van der Waals surface area contributed by atoms with Crippen molar-refractivity contribution in [2.24, 2.45) is 33.4 Å². The number of nitrogens with two attached hydrogens (primary N) is 3. The fraction of sp³-hybridized carbons (Fsp3) is 1.00. The molecule has 0 radical (unpaired) electrons. The van der Waals surface area contributed by atoms with E-state index >= 15 is 0 Å². The van der Waals surface area contributed by atoms with Crippen LogP contribution in [0.2, 0.25) is 0 Å². The molecule has 0 bridgehead atoms. The van der Waals surface area contributed by atoms with Crippen molar-refractivity contribution in [3.63, 3.8) is 0 Å². The molecule has 3 fully saturated rings. The average Bonchev–Trinajstić information content (AvgIpc) is 3.04. The van der Waals surface area contributed by atoms with Gasteiger partial charge in [0.05, 0.1) is 114 Å². The lowest BCUT2D eigenvalue weighted by atomic mass is 9.69. The summed E-state index contributed by atoms with van der Waals surface area (Å²) in [5.74, 6) is 0. The fourth-order valence-corrected chi connectivity index (χ4v) is 7.63. The monoisotopic (exact) mass is 697 g/mol. The van der Waals surface area contributed by atoms with Crippen molar-refractivity contribution in [3.8, 4) is 0 Å². The molecule has 16 nitrogen and oxygen atoms in total. The highest BCUT2D eigenvalue weighted by atomic mass is 16.6. The number of methoxy groups -OCH3 is 2. The van der Waals surface area contributed by atoms with Crippen molar-refractivity contribution in [1.82, 2.24) is 0 Å². The van der Waals surface area contributed by atoms with Crippen LogP contribution in [0.15, 0.2) is 0 Å². The van der Waals surface area contributed by atoms with Gasteiger partial charge in [-0.2, -0.15) is 0 Å². The molecule has 0 aromatic carbocycles. The van der Waals surface area contributed by atoms with Crippen LogP contribution < -0.4 is 17.2 Å². The quantitative estimate of drug-likeness (QED) is 0.0818. The van der Waals surface area contributed by atoms with Gasteiger partial charge in [-0.15, -0.1) is 0 Å². The van der Waals surface area contributed by atoms with Crippen LogP contribution in [0, 0.1) is 16.2 Å². The van der Waals surface area contributed by atoms with E-state index in [9.17, 15) is 30.6 Å². The summed E-state index contributed by atoms with van der Waals surface area (Å²) >= 11 is 0. The molecular formula is C32H63N3O13. The van der Waals surface area contributed by atoms with E-state index in [2.05, 4.69) is 0 Å². The molecule has 3 aliphatic rings. The van der Waals surface area contributed by atoms with Crippen molar-refractivity contribution in [3.05, 3.63) is 0 Å². The van der Waals surface area contributed by atoms with Gasteiger partial charge in [0.15, 0.2) is 0 Å². The van der Waals surface area contributed by atoms with Gasteiger partial charge in [-0.1, -0.05) is 20.8 Å². The molecule has 0 aromatic rings. The third kappa shape index (κ3) is 7.33. The second-order valence-electron chi connectivity index (χ2n) is 15.6. The Bertz CT molecular complexity index is 1040. The average molecular weight is 698 g/mol. The summed E-state index contributed by atoms with van der Waals surface area (Å²) in [7, 11) is 2.99. The summed E-state index contributed by atoms with van der Waals surface area (Å²) in [6.07, 6.45) is -6.01. The van der Waals surface area contributed by atoms with Gasteiger partial charge in [-0.05, 0) is 20.8 Å². The van der Waals surface area contributed by atoms with Gasteiger partial charge in [0.2, 0.25) is 0 Å². The van der Waals surface area contributed by atoms with Gasteiger partial charge < -0.3 is 81.0 Å². The SMILES string of the molecule is COC[C@]1(C)OC(CO)[C@@](C)(COC[C@]2(C)OC(CO)[C@@](C)(COC[C@]3(C)OC(CO)[C@@](C)(COC)[C@@H](O)C3N)[C@@H](O)C2N)[C@@H](O)C1N. The molecule has 48 heavy (non-hydrogen) atoms. The first-order valence-electron chi connectivity index (χ1n) is 16.5. The lowest BCUT2D eigenvalue weighted by Gasteiger charge is -2.56. The Morgan fingerprint density at radius 3 is 1.02 bits per heavy atom. The standard InChI is InChI=1S/C32H63N3O13/c1-27(12-42-7)18(9-36)47-31(5,22(34)24(27)39)16-45-14-29(3)20(11-38)48-32(6,23(35)26(29)41)17-44-13-28(2)19(10-37)46-30(4,15-43-8)21(33)25(28)40/h18-26,36-41H,9-17,33-35H2,1-8H3/t18?,19?,20?,21?,22?,23?,24-,25-,26-,27+,28+,29+,30-,31-,32-/m0/s1. The first-order chi connectivity index (χ1) is 22.2. The Hall–Kier alpha value is -0.640. The van der Waals surface area contributed by atoms with Crippen LogP contribution >= 0.6 is 0 Å². The first-order valence-corrected chi connectivity index (χ1v) is 16.5. The summed E-state index contributed by atoms with van der Waals surface area (Å²) in [6, 6.07) is -2.75. The molecule has 16 heteroatoms. The predicted octanol–water partition coefficient (Wildman–Crippen LogP) is -3.15. The molecule has 0 saturated carbocycles. The maximum Gasteiger partial charge on any atom is 0.107 e. The van der Waals surface area contributed by atoms with Crippen molar-refractivity contribution < 1.29 is 63.8 Å². The highest BCUT2D eigenvalue weighted by Gasteiger charge is 2.60. The van der Waals surface area contributed by atoms with Crippen molar-refractivity contribution >= 4 is 0 Å². The zero-order chi connectivity index (χ0) is 36.5. The van der Waals surface area contributed by atoms with E-state index in [0.29, 0.717) is 0 Å². The van der Waals surface area contributed by atoms with Crippen LogP contribution in [0.1, 0.15) is 41.5 Å². The van der Waals surface area contributed by atoms with Crippen LogP contribution in [0.3, 0.4) is 0 Å². The number of hydrogen-bond donors (Lipinski definition) is 9. The summed E-state index contributed by atoms with van der Waals surface area (Å²) < 4.78 is 41.3. The zero-order valence-electron chi connectivity index (χ0n) is 29.8. The maximum atomic E-state index is 11.6. The van der Waals surface area contributed by atoms with E-state index in [4.69, 9.17) is 50.4 Å². The third-order valence-corrected chi connectivity index (χ3v) is 11.6. The second kappa shape index (κ2) is 15.5. The van der Waals surface area contributed by atoms with Crippen LogP contribution in [0.5, 0.6) is 0 Å².